The van der Waals surface area contributed by atoms with Gasteiger partial charge in [-0.3, -0.25) is 4.79 Å². The van der Waals surface area contributed by atoms with Crippen molar-refractivity contribution in [1.29, 1.82) is 5.26 Å². The Morgan fingerprint density at radius 1 is 1.37 bits per heavy atom. The lowest BCUT2D eigenvalue weighted by Crippen LogP contribution is -2.41. The molecule has 102 valence electrons. The second-order valence-electron chi connectivity index (χ2n) is 4.89. The summed E-state index contributed by atoms with van der Waals surface area (Å²) in [5.41, 5.74) is -0.245. The molecule has 0 atom stereocenters. The Morgan fingerprint density at radius 3 is 2.63 bits per heavy atom. The van der Waals surface area contributed by atoms with Crippen LogP contribution in [-0.4, -0.2) is 11.4 Å². The topological polar surface area (TPSA) is 52.9 Å². The van der Waals surface area contributed by atoms with E-state index in [4.69, 9.17) is 5.26 Å². The maximum atomic E-state index is 12.9. The third-order valence-corrected chi connectivity index (χ3v) is 2.58. The molecule has 0 radical (unpaired) electrons. The summed E-state index contributed by atoms with van der Waals surface area (Å²) in [5, 5.41) is 11.3. The van der Waals surface area contributed by atoms with Gasteiger partial charge in [0, 0.05) is 6.42 Å². The number of hydrogen-bond acceptors (Lipinski definition) is 2. The van der Waals surface area contributed by atoms with Gasteiger partial charge in [-0.1, -0.05) is 6.07 Å². The molecule has 0 saturated heterocycles. The number of carbonyl (C=O) groups excluding carboxylic acids is 1. The van der Waals surface area contributed by atoms with Crippen molar-refractivity contribution in [2.75, 3.05) is 0 Å². The minimum Gasteiger partial charge on any atom is -0.338 e. The first-order valence-electron chi connectivity index (χ1n) is 6.00. The van der Waals surface area contributed by atoms with Crippen molar-refractivity contribution in [1.82, 2.24) is 5.32 Å². The molecular weight excluding hydrogens is 250 g/mol. The van der Waals surface area contributed by atoms with Gasteiger partial charge in [0.05, 0.1) is 6.07 Å². The Hall–Kier alpha value is -1.96. The fraction of sp³-hybridized carbons (Fsp3) is 0.429. The van der Waals surface area contributed by atoms with Crippen LogP contribution < -0.4 is 5.32 Å². The van der Waals surface area contributed by atoms with Gasteiger partial charge in [-0.05, 0) is 44.4 Å². The van der Waals surface area contributed by atoms with Crippen LogP contribution in [0.2, 0.25) is 0 Å². The highest BCUT2D eigenvalue weighted by atomic mass is 19.2. The molecule has 0 spiro atoms. The predicted octanol–water partition coefficient (Wildman–Crippen LogP) is 2.71. The molecule has 0 heterocycles. The maximum absolute atomic E-state index is 12.9. The van der Waals surface area contributed by atoms with Gasteiger partial charge in [0.2, 0.25) is 5.91 Å². The Balaban J connectivity index is 2.40. The fourth-order valence-electron chi connectivity index (χ4n) is 1.59. The van der Waals surface area contributed by atoms with Crippen molar-refractivity contribution in [3.63, 3.8) is 0 Å². The molecule has 3 nitrogen and oxygen atoms in total. The number of aryl methyl sites for hydroxylation is 1. The quantitative estimate of drug-likeness (QED) is 0.890. The number of hydrogen-bond donors (Lipinski definition) is 1. The number of nitrogens with one attached hydrogen (secondary N) is 1. The molecule has 5 heteroatoms. The molecule has 0 saturated carbocycles. The summed E-state index contributed by atoms with van der Waals surface area (Å²) in [6.45, 7) is 3.22. The molecule has 1 amide bonds. The molecule has 0 unspecified atom stereocenters. The van der Waals surface area contributed by atoms with Gasteiger partial charge >= 0.3 is 0 Å². The molecule has 1 N–H and O–H groups in total. The van der Waals surface area contributed by atoms with E-state index in [0.717, 1.165) is 12.1 Å². The van der Waals surface area contributed by atoms with Gasteiger partial charge in [-0.25, -0.2) is 8.78 Å². The highest BCUT2D eigenvalue weighted by Gasteiger charge is 2.18. The van der Waals surface area contributed by atoms with Crippen LogP contribution in [0.5, 0.6) is 0 Å². The van der Waals surface area contributed by atoms with E-state index in [2.05, 4.69) is 5.32 Å². The van der Waals surface area contributed by atoms with E-state index in [0.29, 0.717) is 18.4 Å². The summed E-state index contributed by atoms with van der Waals surface area (Å²) in [6.07, 6.45) is 1.24. The smallest absolute Gasteiger partial charge is 0.221 e. The minimum absolute atomic E-state index is 0.228. The average molecular weight is 266 g/mol. The number of carbonyl (C=O) groups is 1. The van der Waals surface area contributed by atoms with Crippen LogP contribution in [0.15, 0.2) is 18.2 Å². The Kier molecular flexibility index (Phi) is 4.99. The Labute approximate surface area is 111 Å². The van der Waals surface area contributed by atoms with Crippen molar-refractivity contribution in [2.24, 2.45) is 0 Å². The van der Waals surface area contributed by atoms with Crippen LogP contribution in [0.1, 0.15) is 32.3 Å². The maximum Gasteiger partial charge on any atom is 0.221 e. The van der Waals surface area contributed by atoms with Crippen LogP contribution in [0.25, 0.3) is 0 Å². The lowest BCUT2D eigenvalue weighted by atomic mass is 10.1. The second kappa shape index (κ2) is 6.28. The molecule has 1 aromatic rings. The minimum atomic E-state index is -0.890. The first-order valence-corrected chi connectivity index (χ1v) is 6.00. The number of halogens is 2. The molecule has 19 heavy (non-hydrogen) atoms. The number of rotatable bonds is 5. The summed E-state index contributed by atoms with van der Waals surface area (Å²) in [5.74, 6) is -1.99. The Morgan fingerprint density at radius 2 is 2.05 bits per heavy atom. The summed E-state index contributed by atoms with van der Waals surface area (Å²) >= 11 is 0. The van der Waals surface area contributed by atoms with Crippen LogP contribution in [0.3, 0.4) is 0 Å². The summed E-state index contributed by atoms with van der Waals surface area (Å²) < 4.78 is 25.6. The molecular formula is C14H16F2N2O. The lowest BCUT2D eigenvalue weighted by molar-refractivity contribution is -0.122. The van der Waals surface area contributed by atoms with E-state index < -0.39 is 17.2 Å². The van der Waals surface area contributed by atoms with Crippen molar-refractivity contribution in [2.45, 2.75) is 38.6 Å². The van der Waals surface area contributed by atoms with E-state index in [1.54, 1.807) is 13.8 Å². The monoisotopic (exact) mass is 266 g/mol. The zero-order valence-electron chi connectivity index (χ0n) is 11.0. The molecule has 1 rings (SSSR count). The highest BCUT2D eigenvalue weighted by Crippen LogP contribution is 2.11. The summed E-state index contributed by atoms with van der Waals surface area (Å²) in [6, 6.07) is 5.67. The molecule has 0 aliphatic heterocycles. The normalized spacial score (nSPS) is 10.9. The third-order valence-electron chi connectivity index (χ3n) is 2.58. The standard InChI is InChI=1S/C14H16F2N2O/c1-14(2,9-17)18-13(19)5-3-4-10-6-7-11(15)12(16)8-10/h6-8H,3-5H2,1-2H3,(H,18,19). The Bertz CT molecular complexity index is 507. The van der Waals surface area contributed by atoms with E-state index in [9.17, 15) is 13.6 Å². The number of nitriles is 1. The van der Waals surface area contributed by atoms with Gasteiger partial charge in [-0.2, -0.15) is 5.26 Å². The number of amides is 1. The number of nitrogens with zero attached hydrogens (tertiary/aromatic N) is 1. The fourth-order valence-corrected chi connectivity index (χ4v) is 1.59. The SMILES string of the molecule is CC(C)(C#N)NC(=O)CCCc1ccc(F)c(F)c1. The van der Waals surface area contributed by atoms with Gasteiger partial charge in [-0.15, -0.1) is 0 Å². The predicted molar refractivity (Wildman–Crippen MR) is 67.1 cm³/mol. The zero-order chi connectivity index (χ0) is 14.5. The zero-order valence-corrected chi connectivity index (χ0v) is 11.0. The van der Waals surface area contributed by atoms with Gasteiger partial charge < -0.3 is 5.32 Å². The van der Waals surface area contributed by atoms with E-state index in [1.807, 2.05) is 6.07 Å². The molecule has 0 aliphatic rings. The molecule has 0 fully saturated rings. The van der Waals surface area contributed by atoms with E-state index in [-0.39, 0.29) is 12.3 Å². The number of benzene rings is 1. The van der Waals surface area contributed by atoms with Crippen molar-refractivity contribution in [3.05, 3.63) is 35.4 Å². The molecule has 0 aliphatic carbocycles. The van der Waals surface area contributed by atoms with Gasteiger partial charge in [0.15, 0.2) is 11.6 Å². The van der Waals surface area contributed by atoms with Gasteiger partial charge in [0.1, 0.15) is 5.54 Å². The van der Waals surface area contributed by atoms with Crippen molar-refractivity contribution >= 4 is 5.91 Å². The van der Waals surface area contributed by atoms with Crippen LogP contribution in [-0.2, 0) is 11.2 Å². The molecule has 0 aromatic heterocycles. The van der Waals surface area contributed by atoms with Crippen molar-refractivity contribution < 1.29 is 13.6 Å². The average Bonchev–Trinajstić information content (AvgIpc) is 2.33. The third kappa shape index (κ3) is 5.04. The van der Waals surface area contributed by atoms with Crippen LogP contribution >= 0.6 is 0 Å². The van der Waals surface area contributed by atoms with Crippen molar-refractivity contribution in [3.8, 4) is 6.07 Å². The first-order chi connectivity index (χ1) is 8.84. The molecule has 0 bridgehead atoms. The molecule has 1 aromatic carbocycles. The second-order valence-corrected chi connectivity index (χ2v) is 4.89. The summed E-state index contributed by atoms with van der Waals surface area (Å²) in [7, 11) is 0. The highest BCUT2D eigenvalue weighted by molar-refractivity contribution is 5.77. The van der Waals surface area contributed by atoms with E-state index >= 15 is 0 Å². The lowest BCUT2D eigenvalue weighted by Gasteiger charge is -2.17. The van der Waals surface area contributed by atoms with Crippen LogP contribution in [0.4, 0.5) is 8.78 Å². The first kappa shape index (κ1) is 15.1. The largest absolute Gasteiger partial charge is 0.338 e. The van der Waals surface area contributed by atoms with Crippen LogP contribution in [0, 0.1) is 23.0 Å². The van der Waals surface area contributed by atoms with E-state index in [1.165, 1.54) is 6.07 Å². The van der Waals surface area contributed by atoms with Gasteiger partial charge in [0.25, 0.3) is 0 Å². The summed E-state index contributed by atoms with van der Waals surface area (Å²) in [4.78, 5) is 11.5.